The Hall–Kier alpha value is -1.71. The quantitative estimate of drug-likeness (QED) is 0.700. The van der Waals surface area contributed by atoms with Gasteiger partial charge in [0.2, 0.25) is 0 Å². The average Bonchev–Trinajstić information content (AvgIpc) is 2.28. The molecule has 1 aliphatic rings. The molecule has 1 aliphatic heterocycles. The van der Waals surface area contributed by atoms with E-state index < -0.39 is 0 Å². The van der Waals surface area contributed by atoms with Gasteiger partial charge >= 0.3 is 0 Å². The molecule has 1 aromatic rings. The molecule has 0 bridgehead atoms. The molecule has 0 aliphatic carbocycles. The molecule has 0 saturated heterocycles. The van der Waals surface area contributed by atoms with E-state index in [4.69, 9.17) is 0 Å². The fraction of sp³-hybridized carbons (Fsp3) is 0.333. The van der Waals surface area contributed by atoms with Gasteiger partial charge in [-0.25, -0.2) is 4.39 Å². The first-order valence-corrected chi connectivity index (χ1v) is 5.32. The summed E-state index contributed by atoms with van der Waals surface area (Å²) >= 11 is 0. The highest BCUT2D eigenvalue weighted by Crippen LogP contribution is 2.18. The number of nitrogens with zero attached hydrogens (tertiary/aromatic N) is 3. The van der Waals surface area contributed by atoms with Gasteiger partial charge in [0, 0.05) is 19.8 Å². The summed E-state index contributed by atoms with van der Waals surface area (Å²) in [6, 6.07) is 6.00. The summed E-state index contributed by atoms with van der Waals surface area (Å²) in [5.74, 6) is -0.254. The molecule has 2 rings (SSSR count). The van der Waals surface area contributed by atoms with Crippen LogP contribution in [0.1, 0.15) is 12.8 Å². The van der Waals surface area contributed by atoms with E-state index in [0.717, 1.165) is 25.1 Å². The lowest BCUT2D eigenvalue weighted by Crippen LogP contribution is -2.16. The van der Waals surface area contributed by atoms with E-state index in [1.165, 1.54) is 12.1 Å². The van der Waals surface area contributed by atoms with Crippen LogP contribution in [0.4, 0.5) is 10.1 Å². The third kappa shape index (κ3) is 2.89. The summed E-state index contributed by atoms with van der Waals surface area (Å²) in [5.41, 5.74) is 1.65. The number of allylic oxidation sites excluding steroid dienone is 1. The van der Waals surface area contributed by atoms with Crippen LogP contribution in [0, 0.1) is 5.82 Å². The first-order chi connectivity index (χ1) is 7.74. The van der Waals surface area contributed by atoms with Crippen LogP contribution >= 0.6 is 0 Å². The molecular weight excluding hydrogens is 205 g/mol. The number of rotatable bonds is 2. The number of hydrogen-bond acceptors (Lipinski definition) is 3. The molecule has 84 valence electrons. The van der Waals surface area contributed by atoms with Crippen molar-refractivity contribution >= 4 is 5.69 Å². The van der Waals surface area contributed by atoms with Crippen LogP contribution in [0.3, 0.4) is 0 Å². The Morgan fingerprint density at radius 3 is 2.62 bits per heavy atom. The van der Waals surface area contributed by atoms with Crippen LogP contribution in [0.5, 0.6) is 0 Å². The summed E-state index contributed by atoms with van der Waals surface area (Å²) in [5, 5.41) is 8.22. The molecule has 0 atom stereocenters. The van der Waals surface area contributed by atoms with Gasteiger partial charge in [0.1, 0.15) is 5.82 Å². The average molecular weight is 219 g/mol. The van der Waals surface area contributed by atoms with Gasteiger partial charge in [0.05, 0.1) is 11.4 Å². The van der Waals surface area contributed by atoms with Crippen molar-refractivity contribution in [1.29, 1.82) is 0 Å². The molecule has 1 aromatic carbocycles. The summed E-state index contributed by atoms with van der Waals surface area (Å²) < 4.78 is 12.6. The van der Waals surface area contributed by atoms with Crippen molar-refractivity contribution in [3.05, 3.63) is 42.0 Å². The van der Waals surface area contributed by atoms with Gasteiger partial charge in [-0.3, -0.25) is 0 Å². The van der Waals surface area contributed by atoms with Crippen molar-refractivity contribution in [2.24, 2.45) is 10.2 Å². The van der Waals surface area contributed by atoms with Gasteiger partial charge in [-0.05, 0) is 37.1 Å². The Morgan fingerprint density at radius 1 is 1.19 bits per heavy atom. The summed E-state index contributed by atoms with van der Waals surface area (Å²) in [6.07, 6.45) is 4.05. The minimum atomic E-state index is -0.254. The number of azo groups is 1. The van der Waals surface area contributed by atoms with Crippen LogP contribution in [-0.4, -0.2) is 18.5 Å². The summed E-state index contributed by atoms with van der Waals surface area (Å²) in [6.45, 7) is 1.07. The Bertz CT molecular complexity index is 409. The molecular formula is C12H14FN3. The molecule has 0 amide bonds. The van der Waals surface area contributed by atoms with Crippen LogP contribution < -0.4 is 0 Å². The van der Waals surface area contributed by atoms with E-state index in [0.29, 0.717) is 5.69 Å². The number of halogens is 1. The highest BCUT2D eigenvalue weighted by Gasteiger charge is 2.05. The van der Waals surface area contributed by atoms with Crippen LogP contribution in [0.2, 0.25) is 0 Å². The lowest BCUT2D eigenvalue weighted by Gasteiger charge is -2.19. The molecule has 0 saturated carbocycles. The van der Waals surface area contributed by atoms with E-state index in [9.17, 15) is 4.39 Å². The largest absolute Gasteiger partial charge is 0.379 e. The predicted molar refractivity (Wildman–Crippen MR) is 60.9 cm³/mol. The van der Waals surface area contributed by atoms with Gasteiger partial charge in [0.25, 0.3) is 0 Å². The molecule has 0 unspecified atom stereocenters. The first kappa shape index (κ1) is 10.8. The first-order valence-electron chi connectivity index (χ1n) is 5.32. The van der Waals surface area contributed by atoms with Crippen molar-refractivity contribution in [3.63, 3.8) is 0 Å². The molecule has 16 heavy (non-hydrogen) atoms. The fourth-order valence-corrected chi connectivity index (χ4v) is 1.60. The smallest absolute Gasteiger partial charge is 0.123 e. The Balaban J connectivity index is 2.06. The third-order valence-electron chi connectivity index (χ3n) is 2.43. The van der Waals surface area contributed by atoms with Crippen molar-refractivity contribution in [2.75, 3.05) is 13.6 Å². The van der Waals surface area contributed by atoms with Gasteiger partial charge in [-0.1, -0.05) is 0 Å². The molecule has 3 nitrogen and oxygen atoms in total. The minimum Gasteiger partial charge on any atom is -0.379 e. The van der Waals surface area contributed by atoms with Crippen molar-refractivity contribution in [1.82, 2.24) is 4.90 Å². The zero-order valence-electron chi connectivity index (χ0n) is 9.23. The van der Waals surface area contributed by atoms with E-state index in [1.807, 2.05) is 13.2 Å². The fourth-order valence-electron chi connectivity index (χ4n) is 1.60. The zero-order chi connectivity index (χ0) is 11.4. The number of benzene rings is 1. The Labute approximate surface area is 94.3 Å². The molecule has 0 radical (unpaired) electrons. The van der Waals surface area contributed by atoms with E-state index in [2.05, 4.69) is 15.1 Å². The second-order valence-electron chi connectivity index (χ2n) is 3.88. The van der Waals surface area contributed by atoms with Crippen molar-refractivity contribution < 1.29 is 4.39 Å². The van der Waals surface area contributed by atoms with Crippen LogP contribution in [0.15, 0.2) is 46.4 Å². The lowest BCUT2D eigenvalue weighted by molar-refractivity contribution is 0.414. The van der Waals surface area contributed by atoms with Crippen LogP contribution in [-0.2, 0) is 0 Å². The predicted octanol–water partition coefficient (Wildman–Crippen LogP) is 3.48. The Morgan fingerprint density at radius 2 is 1.94 bits per heavy atom. The lowest BCUT2D eigenvalue weighted by atomic mass is 10.2. The highest BCUT2D eigenvalue weighted by atomic mass is 19.1. The minimum absolute atomic E-state index is 0.254. The number of hydrogen-bond donors (Lipinski definition) is 0. The van der Waals surface area contributed by atoms with Gasteiger partial charge in [-0.15, -0.1) is 0 Å². The summed E-state index contributed by atoms with van der Waals surface area (Å²) in [4.78, 5) is 2.10. The topological polar surface area (TPSA) is 28.0 Å². The molecule has 4 heteroatoms. The molecule has 0 spiro atoms. The van der Waals surface area contributed by atoms with Crippen molar-refractivity contribution in [2.45, 2.75) is 12.8 Å². The monoisotopic (exact) mass is 219 g/mol. The molecule has 0 aromatic heterocycles. The van der Waals surface area contributed by atoms with Gasteiger partial charge in [0.15, 0.2) is 0 Å². The second kappa shape index (κ2) is 4.88. The SMILES string of the molecule is CN1C=C(N=Nc2ccc(F)cc2)CCC1. The zero-order valence-corrected chi connectivity index (χ0v) is 9.23. The standard InChI is InChI=1S/C12H14FN3/c1-16-8-2-3-12(9-16)15-14-11-6-4-10(13)5-7-11/h4-7,9H,2-3,8H2,1H3. The maximum atomic E-state index is 12.6. The summed E-state index contributed by atoms with van der Waals surface area (Å²) in [7, 11) is 2.02. The van der Waals surface area contributed by atoms with Crippen molar-refractivity contribution in [3.8, 4) is 0 Å². The van der Waals surface area contributed by atoms with Gasteiger partial charge < -0.3 is 4.90 Å². The van der Waals surface area contributed by atoms with Crippen LogP contribution in [0.25, 0.3) is 0 Å². The normalized spacial score (nSPS) is 16.6. The maximum Gasteiger partial charge on any atom is 0.123 e. The molecule has 1 heterocycles. The third-order valence-corrected chi connectivity index (χ3v) is 2.43. The van der Waals surface area contributed by atoms with E-state index in [-0.39, 0.29) is 5.82 Å². The van der Waals surface area contributed by atoms with Gasteiger partial charge in [-0.2, -0.15) is 10.2 Å². The molecule has 0 fully saturated rings. The maximum absolute atomic E-state index is 12.6. The van der Waals surface area contributed by atoms with E-state index in [1.54, 1.807) is 12.1 Å². The Kier molecular flexibility index (Phi) is 3.29. The second-order valence-corrected chi connectivity index (χ2v) is 3.88. The van der Waals surface area contributed by atoms with E-state index >= 15 is 0 Å². The highest BCUT2D eigenvalue weighted by molar-refractivity contribution is 5.35. The molecule has 0 N–H and O–H groups in total.